The minimum absolute atomic E-state index is 0.0313. The summed E-state index contributed by atoms with van der Waals surface area (Å²) in [7, 11) is 4.38. The van der Waals surface area contributed by atoms with Crippen molar-refractivity contribution < 1.29 is 27.4 Å². The van der Waals surface area contributed by atoms with Crippen LogP contribution in [0, 0.1) is 0 Å². The highest BCUT2D eigenvalue weighted by Gasteiger charge is 2.35. The topological polar surface area (TPSA) is 90.4 Å². The Kier molecular flexibility index (Phi) is 7.18. The molecular weight excluding hydrogens is 427 g/mol. The van der Waals surface area contributed by atoms with Crippen LogP contribution in [0.3, 0.4) is 0 Å². The van der Waals surface area contributed by atoms with Gasteiger partial charge in [-0.05, 0) is 18.1 Å². The Balaban J connectivity index is 1.85. The van der Waals surface area contributed by atoms with Crippen LogP contribution in [0.25, 0.3) is 0 Å². The molecule has 0 spiro atoms. The van der Waals surface area contributed by atoms with Crippen LogP contribution in [0.15, 0.2) is 42.9 Å². The minimum Gasteiger partial charge on any atom is -0.493 e. The molecule has 2 aromatic heterocycles. The Morgan fingerprint density at radius 2 is 1.72 bits per heavy atom. The minimum atomic E-state index is -4.61. The predicted octanol–water partition coefficient (Wildman–Crippen LogP) is 4.31. The quantitative estimate of drug-likeness (QED) is 0.499. The molecular formula is C21H22F3N5O3. The van der Waals surface area contributed by atoms with Crippen molar-refractivity contribution in [2.24, 2.45) is 0 Å². The molecule has 0 bridgehead atoms. The van der Waals surface area contributed by atoms with E-state index in [0.717, 1.165) is 11.8 Å². The van der Waals surface area contributed by atoms with Crippen LogP contribution in [0.5, 0.6) is 17.2 Å². The standard InChI is InChI=1S/C21H22F3N5O3/c1-30-16-9-14(10-17(31-2)18(16)32-3)28-20-27-12-15(21(22,23)24)19(29-20)26-8-6-13-5-4-7-25-11-13/h4-5,7,9-12H,6,8H2,1-3H3,(H2,26,27,28,29). The summed E-state index contributed by atoms with van der Waals surface area (Å²) in [6.45, 7) is 0.232. The SMILES string of the molecule is COc1cc(Nc2ncc(C(F)(F)F)c(NCCc3cccnc3)n2)cc(OC)c1OC. The Morgan fingerprint density at radius 1 is 1.00 bits per heavy atom. The molecule has 11 heteroatoms. The van der Waals surface area contributed by atoms with Gasteiger partial charge in [-0.1, -0.05) is 6.07 Å². The van der Waals surface area contributed by atoms with Gasteiger partial charge >= 0.3 is 6.18 Å². The van der Waals surface area contributed by atoms with E-state index in [4.69, 9.17) is 14.2 Å². The summed E-state index contributed by atoms with van der Waals surface area (Å²) in [5.74, 6) is 0.765. The Hall–Kier alpha value is -3.76. The molecule has 0 unspecified atom stereocenters. The molecule has 0 saturated heterocycles. The third-order valence-corrected chi connectivity index (χ3v) is 4.44. The normalized spacial score (nSPS) is 11.1. The van der Waals surface area contributed by atoms with Crippen LogP contribution in [-0.4, -0.2) is 42.8 Å². The molecule has 1 aromatic carbocycles. The first-order chi connectivity index (χ1) is 15.4. The number of alkyl halides is 3. The van der Waals surface area contributed by atoms with Gasteiger partial charge in [-0.3, -0.25) is 4.98 Å². The van der Waals surface area contributed by atoms with Crippen molar-refractivity contribution in [2.75, 3.05) is 38.5 Å². The largest absolute Gasteiger partial charge is 0.493 e. The number of methoxy groups -OCH3 is 3. The Labute approximate surface area is 182 Å². The summed E-state index contributed by atoms with van der Waals surface area (Å²) in [5, 5.41) is 5.63. The van der Waals surface area contributed by atoms with Crippen LogP contribution >= 0.6 is 0 Å². The first kappa shape index (κ1) is 22.9. The molecule has 3 rings (SSSR count). The number of hydrogen-bond acceptors (Lipinski definition) is 8. The van der Waals surface area contributed by atoms with Gasteiger partial charge in [0.05, 0.1) is 21.3 Å². The van der Waals surface area contributed by atoms with Crippen LogP contribution in [-0.2, 0) is 12.6 Å². The number of rotatable bonds is 9. The van der Waals surface area contributed by atoms with Crippen molar-refractivity contribution in [1.29, 1.82) is 0 Å². The van der Waals surface area contributed by atoms with Gasteiger partial charge in [0.2, 0.25) is 11.7 Å². The fourth-order valence-electron chi connectivity index (χ4n) is 2.94. The fraction of sp³-hybridized carbons (Fsp3) is 0.286. The smallest absolute Gasteiger partial charge is 0.421 e. The second kappa shape index (κ2) is 10.0. The number of pyridine rings is 1. The summed E-state index contributed by atoms with van der Waals surface area (Å²) in [4.78, 5) is 11.8. The summed E-state index contributed by atoms with van der Waals surface area (Å²) in [5.41, 5.74) is 0.373. The Morgan fingerprint density at radius 3 is 2.28 bits per heavy atom. The number of nitrogens with zero attached hydrogens (tertiary/aromatic N) is 3. The maximum absolute atomic E-state index is 13.4. The van der Waals surface area contributed by atoms with Crippen LogP contribution < -0.4 is 24.8 Å². The van der Waals surface area contributed by atoms with Gasteiger partial charge in [0.1, 0.15) is 11.4 Å². The van der Waals surface area contributed by atoms with Crippen molar-refractivity contribution in [2.45, 2.75) is 12.6 Å². The number of benzene rings is 1. The van der Waals surface area contributed by atoms with Gasteiger partial charge in [-0.25, -0.2) is 4.98 Å². The summed E-state index contributed by atoms with van der Waals surface area (Å²) in [6, 6.07) is 6.80. The molecule has 170 valence electrons. The van der Waals surface area contributed by atoms with E-state index in [1.165, 1.54) is 21.3 Å². The average Bonchev–Trinajstić information content (AvgIpc) is 2.78. The van der Waals surface area contributed by atoms with Gasteiger partial charge in [-0.2, -0.15) is 18.2 Å². The lowest BCUT2D eigenvalue weighted by atomic mass is 10.2. The first-order valence-electron chi connectivity index (χ1n) is 9.49. The second-order valence-electron chi connectivity index (χ2n) is 6.53. The zero-order valence-corrected chi connectivity index (χ0v) is 17.7. The number of nitrogens with one attached hydrogen (secondary N) is 2. The van der Waals surface area contributed by atoms with Crippen LogP contribution in [0.4, 0.5) is 30.6 Å². The van der Waals surface area contributed by atoms with Crippen molar-refractivity contribution >= 4 is 17.5 Å². The number of halogens is 3. The van der Waals surface area contributed by atoms with Gasteiger partial charge in [-0.15, -0.1) is 0 Å². The third-order valence-electron chi connectivity index (χ3n) is 4.44. The molecule has 0 aliphatic carbocycles. The number of hydrogen-bond donors (Lipinski definition) is 2. The maximum atomic E-state index is 13.4. The van der Waals surface area contributed by atoms with Crippen molar-refractivity contribution in [3.63, 3.8) is 0 Å². The highest BCUT2D eigenvalue weighted by atomic mass is 19.4. The molecule has 0 atom stereocenters. The van der Waals surface area contributed by atoms with Crippen molar-refractivity contribution in [3.05, 3.63) is 54.0 Å². The molecule has 2 heterocycles. The van der Waals surface area contributed by atoms with Crippen molar-refractivity contribution in [1.82, 2.24) is 15.0 Å². The van der Waals surface area contributed by atoms with Gasteiger partial charge < -0.3 is 24.8 Å². The predicted molar refractivity (Wildman–Crippen MR) is 113 cm³/mol. The fourth-order valence-corrected chi connectivity index (χ4v) is 2.94. The molecule has 0 fully saturated rings. The number of ether oxygens (including phenoxy) is 3. The molecule has 8 nitrogen and oxygen atoms in total. The van der Waals surface area contributed by atoms with Gasteiger partial charge in [0.25, 0.3) is 0 Å². The molecule has 0 aliphatic heterocycles. The zero-order valence-electron chi connectivity index (χ0n) is 17.7. The van der Waals surface area contributed by atoms with E-state index in [1.807, 2.05) is 6.07 Å². The number of anilines is 3. The molecule has 2 N–H and O–H groups in total. The second-order valence-corrected chi connectivity index (χ2v) is 6.53. The van der Waals surface area contributed by atoms with E-state index in [9.17, 15) is 13.2 Å². The summed E-state index contributed by atoms with van der Waals surface area (Å²) < 4.78 is 56.2. The summed E-state index contributed by atoms with van der Waals surface area (Å²) >= 11 is 0. The monoisotopic (exact) mass is 449 g/mol. The van der Waals surface area contributed by atoms with E-state index in [-0.39, 0.29) is 18.3 Å². The molecule has 32 heavy (non-hydrogen) atoms. The lowest BCUT2D eigenvalue weighted by Crippen LogP contribution is -2.16. The first-order valence-corrected chi connectivity index (χ1v) is 9.49. The molecule has 0 amide bonds. The zero-order chi connectivity index (χ0) is 23.1. The van der Waals surface area contributed by atoms with Crippen molar-refractivity contribution in [3.8, 4) is 17.2 Å². The highest BCUT2D eigenvalue weighted by molar-refractivity contribution is 5.66. The van der Waals surface area contributed by atoms with Crippen LogP contribution in [0.1, 0.15) is 11.1 Å². The summed E-state index contributed by atoms with van der Waals surface area (Å²) in [6.07, 6.45) is -0.111. The van der Waals surface area contributed by atoms with Gasteiger partial charge in [0.15, 0.2) is 11.5 Å². The van der Waals surface area contributed by atoms with Crippen LogP contribution in [0.2, 0.25) is 0 Å². The Bertz CT molecular complexity index is 1020. The van der Waals surface area contributed by atoms with Gasteiger partial charge in [0, 0.05) is 43.0 Å². The third kappa shape index (κ3) is 5.48. The molecule has 0 saturated carbocycles. The lowest BCUT2D eigenvalue weighted by molar-refractivity contribution is -0.137. The average molecular weight is 449 g/mol. The molecule has 0 aliphatic rings. The lowest BCUT2D eigenvalue weighted by Gasteiger charge is -2.16. The van der Waals surface area contributed by atoms with E-state index in [0.29, 0.717) is 29.4 Å². The van der Waals surface area contributed by atoms with E-state index >= 15 is 0 Å². The van der Waals surface area contributed by atoms with E-state index in [2.05, 4.69) is 25.6 Å². The number of aromatic nitrogens is 3. The van der Waals surface area contributed by atoms with E-state index < -0.39 is 11.7 Å². The molecule has 0 radical (unpaired) electrons. The highest BCUT2D eigenvalue weighted by Crippen LogP contribution is 2.40. The molecule has 3 aromatic rings. The maximum Gasteiger partial charge on any atom is 0.421 e. The van der Waals surface area contributed by atoms with E-state index in [1.54, 1.807) is 30.6 Å².